The third kappa shape index (κ3) is 6.56. The summed E-state index contributed by atoms with van der Waals surface area (Å²) in [7, 11) is 0. The molecule has 0 aliphatic carbocycles. The Morgan fingerprint density at radius 2 is 1.84 bits per heavy atom. The molecular weight excluding hydrogens is 496 g/mol. The van der Waals surface area contributed by atoms with Crippen LogP contribution in [0, 0.1) is 13.8 Å². The molecule has 0 spiro atoms. The molecule has 3 heterocycles. The van der Waals surface area contributed by atoms with E-state index in [0.717, 1.165) is 56.4 Å². The van der Waals surface area contributed by atoms with Crippen LogP contribution in [0.5, 0.6) is 0 Å². The molecule has 7 heteroatoms. The van der Waals surface area contributed by atoms with Crippen LogP contribution in [0.25, 0.3) is 11.0 Å². The second-order valence-electron chi connectivity index (χ2n) is 8.97. The maximum Gasteiger partial charge on any atom is 0.224 e. The molecule has 0 bridgehead atoms. The number of nitrogens with one attached hydrogen (secondary N) is 2. The van der Waals surface area contributed by atoms with Crippen LogP contribution >= 0.6 is 23.1 Å². The standard InChI is InChI=1S/C30H28N4OS2/c1-20-6-13-28(27(18-20)34-26-14-16-31-30-25(26)12-7-21(2)32-30)37-24-10-8-23(9-11-24)33-29(35)5-3-4-22-15-17-36-19-22/h6-19H,3-5H2,1-2H3,(H,33,35)(H,31,32,34). The number of anilines is 3. The monoisotopic (exact) mass is 524 g/mol. The Morgan fingerprint density at radius 3 is 2.65 bits per heavy atom. The van der Waals surface area contributed by atoms with Gasteiger partial charge in [-0.05, 0) is 109 Å². The molecule has 0 radical (unpaired) electrons. The Labute approximate surface area is 225 Å². The number of aromatic nitrogens is 2. The van der Waals surface area contributed by atoms with Gasteiger partial charge in [-0.2, -0.15) is 11.3 Å². The molecule has 2 N–H and O–H groups in total. The Kier molecular flexibility index (Phi) is 7.82. The van der Waals surface area contributed by atoms with Crippen molar-refractivity contribution in [1.82, 2.24) is 9.97 Å². The van der Waals surface area contributed by atoms with Gasteiger partial charge in [0, 0.05) is 39.2 Å². The summed E-state index contributed by atoms with van der Waals surface area (Å²) in [5.41, 5.74) is 6.98. The molecule has 0 fully saturated rings. The van der Waals surface area contributed by atoms with Gasteiger partial charge >= 0.3 is 0 Å². The van der Waals surface area contributed by atoms with Gasteiger partial charge in [0.1, 0.15) is 0 Å². The third-order valence-corrected chi connectivity index (χ3v) is 7.78. The number of pyridine rings is 2. The lowest BCUT2D eigenvalue weighted by molar-refractivity contribution is -0.116. The Morgan fingerprint density at radius 1 is 0.973 bits per heavy atom. The van der Waals surface area contributed by atoms with Crippen LogP contribution in [0.15, 0.2) is 93.5 Å². The van der Waals surface area contributed by atoms with E-state index in [0.29, 0.717) is 6.42 Å². The van der Waals surface area contributed by atoms with Crippen LogP contribution in [0.1, 0.15) is 29.7 Å². The highest BCUT2D eigenvalue weighted by Gasteiger charge is 2.10. The van der Waals surface area contributed by atoms with Crippen LogP contribution in [0.3, 0.4) is 0 Å². The van der Waals surface area contributed by atoms with E-state index < -0.39 is 0 Å². The number of carbonyl (C=O) groups excluding carboxylic acids is 1. The quantitative estimate of drug-likeness (QED) is 0.204. The molecule has 2 aromatic carbocycles. The van der Waals surface area contributed by atoms with Crippen molar-refractivity contribution in [1.29, 1.82) is 0 Å². The number of aryl methyl sites for hydroxylation is 3. The van der Waals surface area contributed by atoms with E-state index in [1.807, 2.05) is 43.3 Å². The lowest BCUT2D eigenvalue weighted by atomic mass is 10.1. The summed E-state index contributed by atoms with van der Waals surface area (Å²) in [6.07, 6.45) is 4.09. The van der Waals surface area contributed by atoms with E-state index in [9.17, 15) is 4.79 Å². The molecule has 5 rings (SSSR count). The zero-order chi connectivity index (χ0) is 25.6. The molecule has 1 amide bonds. The number of carbonyl (C=O) groups is 1. The molecule has 0 saturated carbocycles. The Hall–Kier alpha value is -3.68. The predicted octanol–water partition coefficient (Wildman–Crippen LogP) is 8.16. The van der Waals surface area contributed by atoms with Crippen molar-refractivity contribution >= 4 is 57.1 Å². The first kappa shape index (κ1) is 25.0. The van der Waals surface area contributed by atoms with Crippen LogP contribution < -0.4 is 10.6 Å². The lowest BCUT2D eigenvalue weighted by Crippen LogP contribution is -2.11. The highest BCUT2D eigenvalue weighted by atomic mass is 32.2. The van der Waals surface area contributed by atoms with Gasteiger partial charge in [-0.25, -0.2) is 9.97 Å². The first-order valence-electron chi connectivity index (χ1n) is 12.2. The van der Waals surface area contributed by atoms with Crippen LogP contribution in [-0.2, 0) is 11.2 Å². The molecule has 0 atom stereocenters. The van der Waals surface area contributed by atoms with E-state index in [1.54, 1.807) is 29.3 Å². The number of nitrogens with zero attached hydrogens (tertiary/aromatic N) is 2. The predicted molar refractivity (Wildman–Crippen MR) is 155 cm³/mol. The molecule has 186 valence electrons. The molecule has 0 saturated heterocycles. The summed E-state index contributed by atoms with van der Waals surface area (Å²) < 4.78 is 0. The molecular formula is C30H28N4OS2. The Bertz CT molecular complexity index is 1520. The fraction of sp³-hybridized carbons (Fsp3) is 0.167. The number of benzene rings is 2. The summed E-state index contributed by atoms with van der Waals surface area (Å²) in [5.74, 6) is 0.0508. The normalized spacial score (nSPS) is 11.0. The SMILES string of the molecule is Cc1ccc(Sc2ccc(NC(=O)CCCc3ccsc3)cc2)c(Nc2ccnc3nc(C)ccc23)c1. The van der Waals surface area contributed by atoms with Crippen molar-refractivity contribution in [3.63, 3.8) is 0 Å². The van der Waals surface area contributed by atoms with Crippen molar-refractivity contribution in [2.75, 3.05) is 10.6 Å². The number of thiophene rings is 1. The van der Waals surface area contributed by atoms with Crippen molar-refractivity contribution in [3.8, 4) is 0 Å². The average molecular weight is 525 g/mol. The van der Waals surface area contributed by atoms with Crippen LogP contribution in [0.4, 0.5) is 17.1 Å². The van der Waals surface area contributed by atoms with E-state index in [1.165, 1.54) is 11.1 Å². The highest BCUT2D eigenvalue weighted by Crippen LogP contribution is 2.37. The van der Waals surface area contributed by atoms with E-state index >= 15 is 0 Å². The first-order chi connectivity index (χ1) is 18.0. The van der Waals surface area contributed by atoms with Crippen molar-refractivity contribution in [3.05, 3.63) is 101 Å². The average Bonchev–Trinajstić information content (AvgIpc) is 3.40. The molecule has 0 aliphatic rings. The van der Waals surface area contributed by atoms with Crippen molar-refractivity contribution in [2.24, 2.45) is 0 Å². The first-order valence-corrected chi connectivity index (χ1v) is 14.0. The van der Waals surface area contributed by atoms with Crippen LogP contribution in [-0.4, -0.2) is 15.9 Å². The van der Waals surface area contributed by atoms with Crippen molar-refractivity contribution < 1.29 is 4.79 Å². The van der Waals surface area contributed by atoms with Gasteiger partial charge in [0.25, 0.3) is 0 Å². The highest BCUT2D eigenvalue weighted by molar-refractivity contribution is 7.99. The Balaban J connectivity index is 1.25. The third-order valence-electron chi connectivity index (χ3n) is 5.96. The smallest absolute Gasteiger partial charge is 0.224 e. The molecule has 5 nitrogen and oxygen atoms in total. The van der Waals surface area contributed by atoms with Gasteiger partial charge < -0.3 is 10.6 Å². The lowest BCUT2D eigenvalue weighted by Gasteiger charge is -2.15. The molecule has 0 unspecified atom stereocenters. The summed E-state index contributed by atoms with van der Waals surface area (Å²) in [4.78, 5) is 23.5. The zero-order valence-corrected chi connectivity index (χ0v) is 22.5. The van der Waals surface area contributed by atoms with Gasteiger partial charge in [0.15, 0.2) is 5.65 Å². The number of hydrogen-bond acceptors (Lipinski definition) is 6. The van der Waals surface area contributed by atoms with E-state index in [2.05, 4.69) is 68.6 Å². The fourth-order valence-corrected chi connectivity index (χ4v) is 5.64. The maximum atomic E-state index is 12.3. The summed E-state index contributed by atoms with van der Waals surface area (Å²) in [6, 6.07) is 22.6. The minimum absolute atomic E-state index is 0.0508. The second-order valence-corrected chi connectivity index (χ2v) is 10.9. The maximum absolute atomic E-state index is 12.3. The molecule has 0 aliphatic heterocycles. The van der Waals surface area contributed by atoms with Crippen LogP contribution in [0.2, 0.25) is 0 Å². The molecule has 37 heavy (non-hydrogen) atoms. The number of rotatable bonds is 9. The minimum atomic E-state index is 0.0508. The van der Waals surface area contributed by atoms with Gasteiger partial charge in [-0.1, -0.05) is 17.8 Å². The molecule has 5 aromatic rings. The fourth-order valence-electron chi connectivity index (χ4n) is 4.05. The summed E-state index contributed by atoms with van der Waals surface area (Å²) in [6.45, 7) is 4.06. The minimum Gasteiger partial charge on any atom is -0.354 e. The largest absolute Gasteiger partial charge is 0.354 e. The number of fused-ring (bicyclic) bond motifs is 1. The summed E-state index contributed by atoms with van der Waals surface area (Å²) >= 11 is 3.38. The molecule has 3 aromatic heterocycles. The van der Waals surface area contributed by atoms with Gasteiger partial charge in [0.05, 0.1) is 11.4 Å². The summed E-state index contributed by atoms with van der Waals surface area (Å²) in [5, 5.41) is 11.8. The van der Waals surface area contributed by atoms with E-state index in [-0.39, 0.29) is 5.91 Å². The number of amides is 1. The van der Waals surface area contributed by atoms with Gasteiger partial charge in [-0.3, -0.25) is 4.79 Å². The number of hydrogen-bond donors (Lipinski definition) is 2. The topological polar surface area (TPSA) is 66.9 Å². The zero-order valence-electron chi connectivity index (χ0n) is 20.8. The van der Waals surface area contributed by atoms with E-state index in [4.69, 9.17) is 0 Å². The van der Waals surface area contributed by atoms with Crippen molar-refractivity contribution in [2.45, 2.75) is 42.9 Å². The second kappa shape index (κ2) is 11.6. The van der Waals surface area contributed by atoms with Gasteiger partial charge in [0.2, 0.25) is 5.91 Å². The van der Waals surface area contributed by atoms with Gasteiger partial charge in [-0.15, -0.1) is 0 Å².